The van der Waals surface area contributed by atoms with E-state index < -0.39 is 0 Å². The molecule has 2 N–H and O–H groups in total. The first-order chi connectivity index (χ1) is 14.1. The van der Waals surface area contributed by atoms with Crippen molar-refractivity contribution in [1.29, 1.82) is 0 Å². The molecule has 29 heavy (non-hydrogen) atoms. The molecule has 2 fully saturated rings. The molecule has 1 saturated carbocycles. The lowest BCUT2D eigenvalue weighted by Gasteiger charge is -2.30. The molecule has 0 atom stereocenters. The number of benzene rings is 1. The summed E-state index contributed by atoms with van der Waals surface area (Å²) in [5, 5.41) is 14.9. The molecule has 156 valence electrons. The molecule has 6 nitrogen and oxygen atoms in total. The Labute approximate surface area is 173 Å². The summed E-state index contributed by atoms with van der Waals surface area (Å²) in [6, 6.07) is 9.35. The van der Waals surface area contributed by atoms with Gasteiger partial charge in [0.15, 0.2) is 5.69 Å². The van der Waals surface area contributed by atoms with Crippen molar-refractivity contribution in [2.24, 2.45) is 0 Å². The maximum absolute atomic E-state index is 12.8. The van der Waals surface area contributed by atoms with Gasteiger partial charge in [0.1, 0.15) is 0 Å². The number of carbonyl (C=O) groups excluding carboxylic acids is 1. The number of hydrogen-bond acceptors (Lipinski definition) is 4. The average Bonchev–Trinajstić information content (AvgIpc) is 3.44. The predicted octanol–water partition coefficient (Wildman–Crippen LogP) is 3.57. The Bertz CT molecular complexity index is 814. The van der Waals surface area contributed by atoms with Crippen molar-refractivity contribution < 1.29 is 4.79 Å². The molecule has 0 spiro atoms. The number of aromatic nitrogens is 3. The molecule has 2 heterocycles. The smallest absolute Gasteiger partial charge is 0.273 e. The van der Waals surface area contributed by atoms with Crippen LogP contribution in [0.1, 0.15) is 85.9 Å². The number of hydrogen-bond donors (Lipinski definition) is 2. The van der Waals surface area contributed by atoms with E-state index >= 15 is 0 Å². The highest BCUT2D eigenvalue weighted by Crippen LogP contribution is 2.41. The normalized spacial score (nSPS) is 19.6. The van der Waals surface area contributed by atoms with Gasteiger partial charge in [0.25, 0.3) is 5.91 Å². The van der Waals surface area contributed by atoms with Gasteiger partial charge in [-0.15, -0.1) is 5.10 Å². The number of carbonyl (C=O) groups is 1. The average molecular weight is 396 g/mol. The minimum atomic E-state index is -0.115. The van der Waals surface area contributed by atoms with Crippen LogP contribution >= 0.6 is 0 Å². The first-order valence-electron chi connectivity index (χ1n) is 11.1. The second-order valence-electron chi connectivity index (χ2n) is 9.01. The van der Waals surface area contributed by atoms with E-state index in [-0.39, 0.29) is 11.3 Å². The van der Waals surface area contributed by atoms with E-state index in [0.717, 1.165) is 38.8 Å². The lowest BCUT2D eigenvalue weighted by Crippen LogP contribution is -2.39. The number of nitrogens with one attached hydrogen (secondary N) is 2. The summed E-state index contributed by atoms with van der Waals surface area (Å²) in [6.07, 6.45) is 8.54. The van der Waals surface area contributed by atoms with Gasteiger partial charge in [-0.05, 0) is 55.8 Å². The zero-order valence-corrected chi connectivity index (χ0v) is 17.7. The summed E-state index contributed by atoms with van der Waals surface area (Å²) < 4.78 is 1.87. The Kier molecular flexibility index (Phi) is 5.99. The first-order valence-corrected chi connectivity index (χ1v) is 11.1. The van der Waals surface area contributed by atoms with Crippen molar-refractivity contribution in [3.63, 3.8) is 0 Å². The largest absolute Gasteiger partial charge is 0.350 e. The van der Waals surface area contributed by atoms with Crippen LogP contribution in [-0.2, 0) is 5.41 Å². The highest BCUT2D eigenvalue weighted by molar-refractivity contribution is 5.91. The van der Waals surface area contributed by atoms with Crippen LogP contribution in [0, 0.1) is 0 Å². The highest BCUT2D eigenvalue weighted by atomic mass is 16.2. The van der Waals surface area contributed by atoms with Gasteiger partial charge in [-0.1, -0.05) is 56.2 Å². The summed E-state index contributed by atoms with van der Waals surface area (Å²) in [4.78, 5) is 12.8. The van der Waals surface area contributed by atoms with Crippen molar-refractivity contribution >= 4 is 5.91 Å². The van der Waals surface area contributed by atoms with E-state index in [1.165, 1.54) is 24.0 Å². The van der Waals surface area contributed by atoms with Crippen LogP contribution in [-0.4, -0.2) is 40.5 Å². The first kappa shape index (κ1) is 20.1. The second kappa shape index (κ2) is 8.66. The van der Waals surface area contributed by atoms with Gasteiger partial charge in [0.2, 0.25) is 0 Å². The zero-order chi connectivity index (χ0) is 20.3. The molecule has 1 aromatic carbocycles. The lowest BCUT2D eigenvalue weighted by molar-refractivity contribution is 0.0938. The van der Waals surface area contributed by atoms with Gasteiger partial charge in [-0.2, -0.15) is 0 Å². The molecule has 0 unspecified atom stereocenters. The molecule has 6 heteroatoms. The summed E-state index contributed by atoms with van der Waals surface area (Å²) >= 11 is 0. The molecule has 1 saturated heterocycles. The molecule has 2 aromatic rings. The summed E-state index contributed by atoms with van der Waals surface area (Å²) in [6.45, 7) is 7.08. The van der Waals surface area contributed by atoms with Crippen molar-refractivity contribution in [3.8, 4) is 0 Å². The fourth-order valence-corrected chi connectivity index (χ4v) is 4.81. The van der Waals surface area contributed by atoms with Gasteiger partial charge >= 0.3 is 0 Å². The van der Waals surface area contributed by atoms with Crippen LogP contribution in [0.4, 0.5) is 0 Å². The van der Waals surface area contributed by atoms with Gasteiger partial charge in [0, 0.05) is 12.0 Å². The third kappa shape index (κ3) is 4.37. The SMILES string of the molecule is CC(C)c1ccc(C2(CNC(=O)c3cn(C4CCNCC4)nn3)CCCC2)cc1. The second-order valence-corrected chi connectivity index (χ2v) is 9.01. The van der Waals surface area contributed by atoms with Crippen molar-refractivity contribution in [1.82, 2.24) is 25.6 Å². The quantitative estimate of drug-likeness (QED) is 0.784. The van der Waals surface area contributed by atoms with Gasteiger partial charge in [0.05, 0.1) is 12.2 Å². The lowest BCUT2D eigenvalue weighted by atomic mass is 9.78. The summed E-state index contributed by atoms with van der Waals surface area (Å²) in [5.74, 6) is 0.418. The molecule has 1 aliphatic carbocycles. The van der Waals surface area contributed by atoms with Gasteiger partial charge in [-0.3, -0.25) is 4.79 Å². The molecule has 1 amide bonds. The third-order valence-corrected chi connectivity index (χ3v) is 6.76. The van der Waals surface area contributed by atoms with E-state index in [2.05, 4.69) is 59.1 Å². The van der Waals surface area contributed by atoms with Crippen molar-refractivity contribution in [3.05, 3.63) is 47.3 Å². The van der Waals surface area contributed by atoms with E-state index in [4.69, 9.17) is 0 Å². The van der Waals surface area contributed by atoms with Crippen LogP contribution in [0.2, 0.25) is 0 Å². The molecular formula is C23H33N5O. The molecule has 2 aliphatic rings. The Morgan fingerprint density at radius 1 is 1.21 bits per heavy atom. The number of rotatable bonds is 6. The fourth-order valence-electron chi connectivity index (χ4n) is 4.81. The van der Waals surface area contributed by atoms with Crippen LogP contribution in [0.15, 0.2) is 30.5 Å². The van der Waals surface area contributed by atoms with Crippen LogP contribution in [0.3, 0.4) is 0 Å². The summed E-state index contributed by atoms with van der Waals surface area (Å²) in [7, 11) is 0. The Hall–Kier alpha value is -2.21. The monoisotopic (exact) mass is 395 g/mol. The maximum Gasteiger partial charge on any atom is 0.273 e. The van der Waals surface area contributed by atoms with Crippen molar-refractivity contribution in [2.45, 2.75) is 69.7 Å². The minimum Gasteiger partial charge on any atom is -0.350 e. The third-order valence-electron chi connectivity index (χ3n) is 6.76. The minimum absolute atomic E-state index is 0.0379. The topological polar surface area (TPSA) is 71.8 Å². The molecule has 0 bridgehead atoms. The van der Waals surface area contributed by atoms with Crippen LogP contribution in [0.25, 0.3) is 0 Å². The molecule has 1 aromatic heterocycles. The van der Waals surface area contributed by atoms with Crippen LogP contribution < -0.4 is 10.6 Å². The van der Waals surface area contributed by atoms with E-state index in [9.17, 15) is 4.79 Å². The number of amides is 1. The number of nitrogens with zero attached hydrogens (tertiary/aromatic N) is 3. The van der Waals surface area contributed by atoms with Crippen LogP contribution in [0.5, 0.6) is 0 Å². The maximum atomic E-state index is 12.8. The molecule has 0 radical (unpaired) electrons. The predicted molar refractivity (Wildman–Crippen MR) is 114 cm³/mol. The molecule has 1 aliphatic heterocycles. The Morgan fingerprint density at radius 3 is 2.55 bits per heavy atom. The standard InChI is InChI=1S/C23H33N5O/c1-17(2)18-5-7-19(8-6-18)23(11-3-4-12-23)16-25-22(29)21-15-28(27-26-21)20-9-13-24-14-10-20/h5-8,15,17,20,24H,3-4,9-14,16H2,1-2H3,(H,25,29). The highest BCUT2D eigenvalue weighted by Gasteiger charge is 2.36. The van der Waals surface area contributed by atoms with E-state index in [1.54, 1.807) is 0 Å². The van der Waals surface area contributed by atoms with Gasteiger partial charge < -0.3 is 10.6 Å². The van der Waals surface area contributed by atoms with Gasteiger partial charge in [-0.25, -0.2) is 4.68 Å². The molecular weight excluding hydrogens is 362 g/mol. The van der Waals surface area contributed by atoms with Crippen molar-refractivity contribution in [2.75, 3.05) is 19.6 Å². The molecule has 4 rings (SSSR count). The van der Waals surface area contributed by atoms with E-state index in [0.29, 0.717) is 24.2 Å². The van der Waals surface area contributed by atoms with E-state index in [1.807, 2.05) is 10.9 Å². The fraction of sp³-hybridized carbons (Fsp3) is 0.609. The zero-order valence-electron chi connectivity index (χ0n) is 17.7. The Balaban J connectivity index is 1.43. The Morgan fingerprint density at radius 2 is 1.90 bits per heavy atom. The number of piperidine rings is 1. The summed E-state index contributed by atoms with van der Waals surface area (Å²) in [5.41, 5.74) is 3.17.